The first-order valence-corrected chi connectivity index (χ1v) is 12.7. The van der Waals surface area contributed by atoms with E-state index in [9.17, 15) is 8.42 Å². The zero-order chi connectivity index (χ0) is 22.7. The Bertz CT molecular complexity index is 1400. The van der Waals surface area contributed by atoms with Gasteiger partial charge in [-0.25, -0.2) is 18.4 Å². The van der Waals surface area contributed by atoms with E-state index in [1.807, 2.05) is 18.2 Å². The third kappa shape index (κ3) is 3.47. The van der Waals surface area contributed by atoms with Gasteiger partial charge in [0, 0.05) is 31.1 Å². The van der Waals surface area contributed by atoms with E-state index >= 15 is 0 Å². The van der Waals surface area contributed by atoms with Crippen LogP contribution in [0.3, 0.4) is 0 Å². The van der Waals surface area contributed by atoms with Gasteiger partial charge in [-0.05, 0) is 30.7 Å². The van der Waals surface area contributed by atoms with Crippen molar-refractivity contribution in [2.75, 3.05) is 35.2 Å². The van der Waals surface area contributed by atoms with Crippen LogP contribution >= 0.6 is 0 Å². The fraction of sp³-hybridized carbons (Fsp3) is 0.333. The highest BCUT2D eigenvalue weighted by Gasteiger charge is 2.40. The Morgan fingerprint density at radius 3 is 2.79 bits per heavy atom. The zero-order valence-corrected chi connectivity index (χ0v) is 19.1. The second-order valence-corrected chi connectivity index (χ2v) is 11.0. The molecule has 8 nitrogen and oxygen atoms in total. The average molecular weight is 464 g/mol. The number of anilines is 2. The van der Waals surface area contributed by atoms with Gasteiger partial charge >= 0.3 is 0 Å². The van der Waals surface area contributed by atoms with E-state index in [2.05, 4.69) is 39.9 Å². The minimum atomic E-state index is -3.33. The molecule has 2 atom stereocenters. The highest BCUT2D eigenvalue weighted by molar-refractivity contribution is 7.91. The Morgan fingerprint density at radius 1 is 1.09 bits per heavy atom. The van der Waals surface area contributed by atoms with Gasteiger partial charge < -0.3 is 20.3 Å². The highest BCUT2D eigenvalue weighted by Crippen LogP contribution is 2.36. The normalized spacial score (nSPS) is 23.6. The van der Waals surface area contributed by atoms with Crippen molar-refractivity contribution in [2.24, 2.45) is 10.7 Å². The molecule has 3 aliphatic rings. The summed E-state index contributed by atoms with van der Waals surface area (Å²) >= 11 is 0. The van der Waals surface area contributed by atoms with Crippen molar-refractivity contribution >= 4 is 38.3 Å². The molecule has 1 aromatic heterocycles. The van der Waals surface area contributed by atoms with Crippen molar-refractivity contribution in [2.45, 2.75) is 30.5 Å². The van der Waals surface area contributed by atoms with Crippen LogP contribution in [0.2, 0.25) is 0 Å². The maximum atomic E-state index is 12.8. The summed E-state index contributed by atoms with van der Waals surface area (Å²) < 4.78 is 31.4. The van der Waals surface area contributed by atoms with E-state index in [0.29, 0.717) is 24.5 Å². The lowest BCUT2D eigenvalue weighted by molar-refractivity contribution is 0.223. The van der Waals surface area contributed by atoms with Crippen LogP contribution in [-0.4, -0.2) is 57.0 Å². The van der Waals surface area contributed by atoms with Crippen LogP contribution in [0.5, 0.6) is 0 Å². The maximum absolute atomic E-state index is 12.8. The topological polar surface area (TPSA) is 101 Å². The van der Waals surface area contributed by atoms with Gasteiger partial charge in [0.1, 0.15) is 18.0 Å². The van der Waals surface area contributed by atoms with Gasteiger partial charge in [0.15, 0.2) is 9.84 Å². The first-order chi connectivity index (χ1) is 15.9. The fourth-order valence-corrected chi connectivity index (χ4v) is 6.53. The number of amidine groups is 1. The van der Waals surface area contributed by atoms with Gasteiger partial charge in [0.05, 0.1) is 28.4 Å². The molecule has 0 aliphatic carbocycles. The molecule has 2 aromatic carbocycles. The summed E-state index contributed by atoms with van der Waals surface area (Å²) in [7, 11) is -3.33. The third-order valence-corrected chi connectivity index (χ3v) is 8.48. The fourth-order valence-electron chi connectivity index (χ4n) is 5.03. The molecule has 33 heavy (non-hydrogen) atoms. The number of nitrogens with two attached hydrogens (primary N) is 1. The van der Waals surface area contributed by atoms with Crippen LogP contribution < -0.4 is 15.5 Å². The van der Waals surface area contributed by atoms with Crippen molar-refractivity contribution in [1.82, 2.24) is 4.98 Å². The number of aliphatic imine (C=N–C) groups is 1. The Hall–Kier alpha value is -3.33. The minimum Gasteiger partial charge on any atom is -0.458 e. The van der Waals surface area contributed by atoms with E-state index in [0.717, 1.165) is 40.1 Å². The first kappa shape index (κ1) is 20.3. The molecule has 1 saturated heterocycles. The van der Waals surface area contributed by atoms with Crippen molar-refractivity contribution in [3.05, 3.63) is 59.7 Å². The number of hydrogen-bond donors (Lipinski definition) is 1. The van der Waals surface area contributed by atoms with Gasteiger partial charge in [0.2, 0.25) is 0 Å². The molecule has 170 valence electrons. The molecule has 3 aliphatic heterocycles. The van der Waals surface area contributed by atoms with Crippen LogP contribution in [0, 0.1) is 6.92 Å². The molecule has 3 aromatic rings. The number of sulfone groups is 1. The molecule has 0 spiro atoms. The van der Waals surface area contributed by atoms with Crippen molar-refractivity contribution < 1.29 is 13.2 Å². The molecule has 0 saturated carbocycles. The summed E-state index contributed by atoms with van der Waals surface area (Å²) in [5, 5.41) is 1.07. The largest absolute Gasteiger partial charge is 0.458 e. The number of aromatic nitrogens is 1. The monoisotopic (exact) mass is 463 g/mol. The standard InChI is InChI=1S/C24H25N5O3S/c1-15-6-7-18-17(10-15)20(29-13-19-21(14-29)32-24(25)27-19)11-23(26-18)28-8-9-33(30,31)22-5-3-2-4-16(22)12-28/h2-7,10-11,19,21H,8-9,12-14H2,1H3,(H2,25,27). The summed E-state index contributed by atoms with van der Waals surface area (Å²) in [5.74, 6) is 0.831. The number of fused-ring (bicyclic) bond motifs is 3. The maximum Gasteiger partial charge on any atom is 0.282 e. The molecule has 0 bridgehead atoms. The van der Waals surface area contributed by atoms with Gasteiger partial charge in [0.25, 0.3) is 6.02 Å². The van der Waals surface area contributed by atoms with Crippen molar-refractivity contribution in [3.63, 3.8) is 0 Å². The molecule has 0 radical (unpaired) electrons. The lowest BCUT2D eigenvalue weighted by Crippen LogP contribution is -2.28. The van der Waals surface area contributed by atoms with E-state index in [1.165, 1.54) is 0 Å². The van der Waals surface area contributed by atoms with E-state index in [1.54, 1.807) is 12.1 Å². The second-order valence-electron chi connectivity index (χ2n) is 8.96. The lowest BCUT2D eigenvalue weighted by Gasteiger charge is -2.26. The summed E-state index contributed by atoms with van der Waals surface area (Å²) in [6, 6.07) is 15.9. The smallest absolute Gasteiger partial charge is 0.282 e. The summed E-state index contributed by atoms with van der Waals surface area (Å²) in [5.41, 5.74) is 9.67. The lowest BCUT2D eigenvalue weighted by atomic mass is 10.1. The van der Waals surface area contributed by atoms with Crippen LogP contribution in [0.4, 0.5) is 11.5 Å². The molecule has 1 fully saturated rings. The number of hydrogen-bond acceptors (Lipinski definition) is 8. The van der Waals surface area contributed by atoms with Crippen LogP contribution in [-0.2, 0) is 21.1 Å². The summed E-state index contributed by atoms with van der Waals surface area (Å²) in [6.07, 6.45) is -0.0447. The van der Waals surface area contributed by atoms with Crippen molar-refractivity contribution in [3.8, 4) is 0 Å². The zero-order valence-electron chi connectivity index (χ0n) is 18.3. The van der Waals surface area contributed by atoms with Gasteiger partial charge in [-0.3, -0.25) is 0 Å². The number of aryl methyl sites for hydroxylation is 1. The SMILES string of the molecule is Cc1ccc2nc(N3CCS(=O)(=O)c4ccccc4C3)cc(N3CC4N=C(N)OC4C3)c2c1. The summed E-state index contributed by atoms with van der Waals surface area (Å²) in [6.45, 7) is 4.36. The van der Waals surface area contributed by atoms with Gasteiger partial charge in [-0.2, -0.15) is 0 Å². The van der Waals surface area contributed by atoms with Gasteiger partial charge in [-0.1, -0.05) is 29.8 Å². The molecule has 9 heteroatoms. The minimum absolute atomic E-state index is 0.0247. The molecular formula is C24H25N5O3S. The molecule has 6 rings (SSSR count). The van der Waals surface area contributed by atoms with E-state index in [-0.39, 0.29) is 23.9 Å². The average Bonchev–Trinajstić information content (AvgIpc) is 3.29. The molecular weight excluding hydrogens is 438 g/mol. The number of benzene rings is 2. The Kier molecular flexibility index (Phi) is 4.52. The Labute approximate surface area is 192 Å². The number of nitrogens with zero attached hydrogens (tertiary/aromatic N) is 4. The summed E-state index contributed by atoms with van der Waals surface area (Å²) in [4.78, 5) is 14.1. The third-order valence-electron chi connectivity index (χ3n) is 6.69. The number of ether oxygens (including phenoxy) is 1. The number of rotatable bonds is 2. The quantitative estimate of drug-likeness (QED) is 0.622. The van der Waals surface area contributed by atoms with Crippen LogP contribution in [0.1, 0.15) is 11.1 Å². The van der Waals surface area contributed by atoms with Crippen molar-refractivity contribution in [1.29, 1.82) is 0 Å². The molecule has 2 unspecified atom stereocenters. The Balaban J connectivity index is 1.44. The van der Waals surface area contributed by atoms with Gasteiger partial charge in [-0.15, -0.1) is 0 Å². The van der Waals surface area contributed by atoms with Crippen LogP contribution in [0.25, 0.3) is 10.9 Å². The molecule has 2 N–H and O–H groups in total. The second kappa shape index (κ2) is 7.34. The molecule has 4 heterocycles. The van der Waals surface area contributed by atoms with E-state index in [4.69, 9.17) is 15.5 Å². The highest BCUT2D eigenvalue weighted by atomic mass is 32.2. The predicted molar refractivity (Wildman–Crippen MR) is 129 cm³/mol. The first-order valence-electron chi connectivity index (χ1n) is 11.1. The molecule has 0 amide bonds. The Morgan fingerprint density at radius 2 is 1.94 bits per heavy atom. The van der Waals surface area contributed by atoms with E-state index < -0.39 is 9.84 Å². The van der Waals surface area contributed by atoms with Crippen LogP contribution in [0.15, 0.2) is 58.4 Å². The number of pyridine rings is 1. The predicted octanol–water partition coefficient (Wildman–Crippen LogP) is 2.24.